The Kier molecular flexibility index (Phi) is 7.67. The minimum atomic E-state index is -0.565. The molecule has 1 atom stereocenters. The maximum atomic E-state index is 13.2. The lowest BCUT2D eigenvalue weighted by Gasteiger charge is -2.14. The lowest BCUT2D eigenvalue weighted by molar-refractivity contribution is 0.179. The van der Waals surface area contributed by atoms with E-state index in [1.54, 1.807) is 13.3 Å². The highest BCUT2D eigenvalue weighted by molar-refractivity contribution is 6.31. The fourth-order valence-electron chi connectivity index (χ4n) is 2.10. The molecule has 0 saturated carbocycles. The highest BCUT2D eigenvalue weighted by Crippen LogP contribution is 2.22. The Hall–Kier alpha value is -3.23. The van der Waals surface area contributed by atoms with Crippen LogP contribution in [0.1, 0.15) is 18.3 Å². The van der Waals surface area contributed by atoms with Crippen LogP contribution in [0.15, 0.2) is 32.8 Å². The number of amidine groups is 1. The van der Waals surface area contributed by atoms with E-state index in [2.05, 4.69) is 30.9 Å². The summed E-state index contributed by atoms with van der Waals surface area (Å²) in [5, 5.41) is 21.7. The van der Waals surface area contributed by atoms with Gasteiger partial charge in [0.15, 0.2) is 17.7 Å². The van der Waals surface area contributed by atoms with E-state index in [-0.39, 0.29) is 35.1 Å². The number of methoxy groups -OCH3 is 1. The maximum Gasteiger partial charge on any atom is 0.205 e. The summed E-state index contributed by atoms with van der Waals surface area (Å²) in [4.78, 5) is 8.36. The van der Waals surface area contributed by atoms with Crippen LogP contribution in [-0.2, 0) is 11.3 Å². The fraction of sp³-hybridized carbons (Fsp3) is 0.312. The van der Waals surface area contributed by atoms with Crippen molar-refractivity contribution in [1.29, 1.82) is 5.26 Å². The predicted molar refractivity (Wildman–Crippen MR) is 100 cm³/mol. The monoisotopic (exact) mass is 408 g/mol. The molecule has 0 aliphatic heterocycles. The van der Waals surface area contributed by atoms with Gasteiger partial charge < -0.3 is 15.8 Å². The van der Waals surface area contributed by atoms with Gasteiger partial charge in [-0.15, -0.1) is 0 Å². The number of nitrogens with one attached hydrogen (secondary N) is 2. The van der Waals surface area contributed by atoms with Crippen molar-refractivity contribution < 1.29 is 13.8 Å². The van der Waals surface area contributed by atoms with Crippen LogP contribution in [0.4, 0.5) is 10.1 Å². The molecule has 0 bridgehead atoms. The van der Waals surface area contributed by atoms with E-state index < -0.39 is 5.82 Å². The first-order valence-corrected chi connectivity index (χ1v) is 8.38. The van der Waals surface area contributed by atoms with Crippen LogP contribution in [0.3, 0.4) is 0 Å². The fourth-order valence-corrected chi connectivity index (χ4v) is 2.28. The highest BCUT2D eigenvalue weighted by atomic mass is 35.5. The molecule has 1 unspecified atom stereocenters. The molecule has 0 spiro atoms. The molecular weight excluding hydrogens is 391 g/mol. The summed E-state index contributed by atoms with van der Waals surface area (Å²) in [5.41, 5.74) is 6.75. The van der Waals surface area contributed by atoms with Gasteiger partial charge in [-0.05, 0) is 30.3 Å². The van der Waals surface area contributed by atoms with E-state index in [4.69, 9.17) is 32.0 Å². The zero-order valence-electron chi connectivity index (χ0n) is 15.1. The first-order valence-electron chi connectivity index (χ1n) is 8.00. The van der Waals surface area contributed by atoms with Crippen molar-refractivity contribution in [3.8, 4) is 6.19 Å². The van der Waals surface area contributed by atoms with Crippen molar-refractivity contribution in [3.63, 3.8) is 0 Å². The molecule has 10 nitrogen and oxygen atoms in total. The largest absolute Gasteiger partial charge is 0.383 e. The standard InChI is InChI=1S/C16H18ClFN8O2/c1-9(7-27-2)23-16(22-8-19)21-6-13-14(26-28-25-13)15(20)24-10-3-4-12(18)11(17)5-10/h3-5,9H,6-7H2,1-2H3,(H2,20,24)(H2,21,22,23). The van der Waals surface area contributed by atoms with E-state index in [1.165, 1.54) is 18.2 Å². The third-order valence-corrected chi connectivity index (χ3v) is 3.60. The van der Waals surface area contributed by atoms with E-state index in [0.29, 0.717) is 18.0 Å². The SMILES string of the molecule is COCC(C)NC(=NCc1nonc1C(N)=Nc1ccc(F)c(Cl)c1)NC#N. The summed E-state index contributed by atoms with van der Waals surface area (Å²) in [5.74, 6) is -0.350. The van der Waals surface area contributed by atoms with E-state index >= 15 is 0 Å². The Morgan fingerprint density at radius 2 is 2.29 bits per heavy atom. The van der Waals surface area contributed by atoms with Gasteiger partial charge in [0.2, 0.25) is 5.96 Å². The molecule has 0 radical (unpaired) electrons. The normalized spacial score (nSPS) is 13.1. The van der Waals surface area contributed by atoms with Crippen molar-refractivity contribution in [3.05, 3.63) is 40.4 Å². The topological polar surface area (TPSA) is 147 Å². The van der Waals surface area contributed by atoms with Gasteiger partial charge in [0, 0.05) is 13.2 Å². The van der Waals surface area contributed by atoms with E-state index in [1.807, 2.05) is 6.92 Å². The number of guanidine groups is 1. The summed E-state index contributed by atoms with van der Waals surface area (Å²) in [6, 6.07) is 3.82. The molecule has 4 N–H and O–H groups in total. The average molecular weight is 409 g/mol. The van der Waals surface area contributed by atoms with Crippen molar-refractivity contribution in [1.82, 2.24) is 20.9 Å². The smallest absolute Gasteiger partial charge is 0.205 e. The number of hydrogen-bond acceptors (Lipinski definition) is 7. The van der Waals surface area contributed by atoms with E-state index in [9.17, 15) is 4.39 Å². The number of ether oxygens (including phenoxy) is 1. The first-order chi connectivity index (χ1) is 13.4. The van der Waals surface area contributed by atoms with Crippen LogP contribution >= 0.6 is 11.6 Å². The van der Waals surface area contributed by atoms with Crippen LogP contribution in [0.25, 0.3) is 0 Å². The van der Waals surface area contributed by atoms with Crippen LogP contribution in [-0.4, -0.2) is 41.9 Å². The third-order valence-electron chi connectivity index (χ3n) is 3.31. The summed E-state index contributed by atoms with van der Waals surface area (Å²) in [6.45, 7) is 2.29. The lowest BCUT2D eigenvalue weighted by atomic mass is 10.3. The van der Waals surface area contributed by atoms with Gasteiger partial charge in [0.1, 0.15) is 11.5 Å². The zero-order valence-corrected chi connectivity index (χ0v) is 15.9. The second kappa shape index (κ2) is 10.2. The molecule has 148 valence electrons. The second-order valence-electron chi connectivity index (χ2n) is 5.56. The third kappa shape index (κ3) is 5.90. The molecule has 12 heteroatoms. The number of benzene rings is 1. The molecule has 0 aliphatic carbocycles. The molecule has 1 heterocycles. The Morgan fingerprint density at radius 1 is 1.50 bits per heavy atom. The molecule has 0 aliphatic rings. The predicted octanol–water partition coefficient (Wildman–Crippen LogP) is 1.45. The maximum absolute atomic E-state index is 13.2. The number of nitrogens with zero attached hydrogens (tertiary/aromatic N) is 5. The van der Waals surface area contributed by atoms with Gasteiger partial charge in [-0.2, -0.15) is 5.26 Å². The average Bonchev–Trinajstić information content (AvgIpc) is 3.12. The van der Waals surface area contributed by atoms with Crippen LogP contribution in [0.5, 0.6) is 0 Å². The number of rotatable bonds is 7. The zero-order chi connectivity index (χ0) is 20.5. The summed E-state index contributed by atoms with van der Waals surface area (Å²) in [6.07, 6.45) is 1.79. The summed E-state index contributed by atoms with van der Waals surface area (Å²) >= 11 is 5.73. The quantitative estimate of drug-likeness (QED) is 0.270. The van der Waals surface area contributed by atoms with Gasteiger partial charge in [0.05, 0.1) is 23.9 Å². The number of halogens is 2. The highest BCUT2D eigenvalue weighted by Gasteiger charge is 2.15. The Morgan fingerprint density at radius 3 is 2.96 bits per heavy atom. The molecule has 0 saturated heterocycles. The van der Waals surface area contributed by atoms with Crippen LogP contribution in [0, 0.1) is 17.3 Å². The number of nitrogens with two attached hydrogens (primary N) is 1. The second-order valence-corrected chi connectivity index (χ2v) is 5.96. The Labute approximate surface area is 165 Å². The van der Waals surface area contributed by atoms with Gasteiger partial charge in [0.25, 0.3) is 0 Å². The van der Waals surface area contributed by atoms with Crippen molar-refractivity contribution in [2.75, 3.05) is 13.7 Å². The van der Waals surface area contributed by atoms with Crippen LogP contribution < -0.4 is 16.4 Å². The van der Waals surface area contributed by atoms with Crippen LogP contribution in [0.2, 0.25) is 5.02 Å². The molecule has 0 fully saturated rings. The van der Waals surface area contributed by atoms with Crippen molar-refractivity contribution >= 4 is 29.1 Å². The lowest BCUT2D eigenvalue weighted by Crippen LogP contribution is -2.42. The van der Waals surface area contributed by atoms with Gasteiger partial charge in [-0.25, -0.2) is 19.0 Å². The Bertz CT molecular complexity index is 908. The minimum absolute atomic E-state index is 0.00960. The molecule has 2 aromatic rings. The molecule has 1 aromatic heterocycles. The Balaban J connectivity index is 2.18. The van der Waals surface area contributed by atoms with Crippen molar-refractivity contribution in [2.24, 2.45) is 15.7 Å². The molecule has 2 rings (SSSR count). The number of nitriles is 1. The molecule has 0 amide bonds. The summed E-state index contributed by atoms with van der Waals surface area (Å²) < 4.78 is 23.0. The van der Waals surface area contributed by atoms with Crippen molar-refractivity contribution in [2.45, 2.75) is 19.5 Å². The summed E-state index contributed by atoms with van der Waals surface area (Å²) in [7, 11) is 1.57. The van der Waals surface area contributed by atoms with Gasteiger partial charge in [-0.1, -0.05) is 16.8 Å². The molecule has 28 heavy (non-hydrogen) atoms. The number of aromatic nitrogens is 2. The van der Waals surface area contributed by atoms with E-state index in [0.717, 1.165) is 0 Å². The molecule has 1 aromatic carbocycles. The van der Waals surface area contributed by atoms with Gasteiger partial charge in [-0.3, -0.25) is 5.32 Å². The molecular formula is C16H18ClFN8O2. The first kappa shape index (κ1) is 21.1. The number of aliphatic imine (C=N–C) groups is 2. The number of hydrogen-bond donors (Lipinski definition) is 3. The minimum Gasteiger partial charge on any atom is -0.383 e. The van der Waals surface area contributed by atoms with Gasteiger partial charge >= 0.3 is 0 Å².